The van der Waals surface area contributed by atoms with Crippen molar-refractivity contribution in [3.05, 3.63) is 17.8 Å². The first kappa shape index (κ1) is 11.2. The Hall–Kier alpha value is -1.62. The van der Waals surface area contributed by atoms with Gasteiger partial charge in [0.2, 0.25) is 0 Å². The maximum Gasteiger partial charge on any atom is 0.166 e. The molecule has 3 heterocycles. The van der Waals surface area contributed by atoms with Crippen LogP contribution in [-0.4, -0.2) is 21.3 Å². The molecular weight excluding hydrogens is 256 g/mol. The number of rotatable bonds is 3. The van der Waals surface area contributed by atoms with Crippen LogP contribution in [0.3, 0.4) is 0 Å². The van der Waals surface area contributed by atoms with E-state index in [1.165, 1.54) is 28.4 Å². The van der Waals surface area contributed by atoms with Crippen molar-refractivity contribution < 1.29 is 0 Å². The van der Waals surface area contributed by atoms with Crippen LogP contribution in [0.25, 0.3) is 20.4 Å². The Kier molecular flexibility index (Phi) is 2.33. The fraction of sp³-hybridized carbons (Fsp3) is 0.429. The number of anilines is 1. The molecule has 0 bridgehead atoms. The largest absolute Gasteiger partial charge is 0.367 e. The van der Waals surface area contributed by atoms with Crippen LogP contribution in [0, 0.1) is 12.8 Å². The van der Waals surface area contributed by atoms with Crippen LogP contribution in [0.15, 0.2) is 12.1 Å². The SMILES string of the molecule is Cc1ccc2c(n1)sc1c(NCC3CC3)nn(C)c12. The highest BCUT2D eigenvalue weighted by atomic mass is 32.1. The van der Waals surface area contributed by atoms with E-state index in [1.807, 2.05) is 18.7 Å². The van der Waals surface area contributed by atoms with Gasteiger partial charge in [-0.25, -0.2) is 4.98 Å². The summed E-state index contributed by atoms with van der Waals surface area (Å²) in [4.78, 5) is 5.73. The molecule has 3 aromatic heterocycles. The summed E-state index contributed by atoms with van der Waals surface area (Å²) in [6.07, 6.45) is 2.71. The van der Waals surface area contributed by atoms with Gasteiger partial charge in [0.15, 0.2) is 5.82 Å². The van der Waals surface area contributed by atoms with Crippen LogP contribution in [0.2, 0.25) is 0 Å². The summed E-state index contributed by atoms with van der Waals surface area (Å²) in [5.74, 6) is 1.87. The van der Waals surface area contributed by atoms with Crippen LogP contribution in [-0.2, 0) is 7.05 Å². The molecule has 4 nitrogen and oxygen atoms in total. The highest BCUT2D eigenvalue weighted by Gasteiger charge is 2.22. The fourth-order valence-corrected chi connectivity index (χ4v) is 3.67. The molecule has 0 radical (unpaired) electrons. The lowest BCUT2D eigenvalue weighted by Crippen LogP contribution is -2.04. The Bertz CT molecular complexity index is 767. The van der Waals surface area contributed by atoms with Crippen LogP contribution < -0.4 is 5.32 Å². The molecule has 0 aromatic carbocycles. The number of fused-ring (bicyclic) bond motifs is 3. The summed E-state index contributed by atoms with van der Waals surface area (Å²) in [6, 6.07) is 4.22. The van der Waals surface area contributed by atoms with Gasteiger partial charge in [0.25, 0.3) is 0 Å². The molecule has 1 fully saturated rings. The molecule has 0 spiro atoms. The summed E-state index contributed by atoms with van der Waals surface area (Å²) in [7, 11) is 2.01. The molecule has 1 N–H and O–H groups in total. The van der Waals surface area contributed by atoms with Gasteiger partial charge in [0, 0.05) is 24.7 Å². The fourth-order valence-electron chi connectivity index (χ4n) is 2.46. The van der Waals surface area contributed by atoms with Crippen molar-refractivity contribution in [2.75, 3.05) is 11.9 Å². The highest BCUT2D eigenvalue weighted by molar-refractivity contribution is 7.26. The van der Waals surface area contributed by atoms with E-state index in [0.717, 1.165) is 28.8 Å². The van der Waals surface area contributed by atoms with Gasteiger partial charge in [-0.1, -0.05) is 0 Å². The lowest BCUT2D eigenvalue weighted by Gasteiger charge is -1.99. The zero-order chi connectivity index (χ0) is 13.0. The van der Waals surface area contributed by atoms with E-state index in [4.69, 9.17) is 0 Å². The first-order chi connectivity index (χ1) is 9.22. The van der Waals surface area contributed by atoms with Crippen LogP contribution in [0.1, 0.15) is 18.5 Å². The highest BCUT2D eigenvalue weighted by Crippen LogP contribution is 2.37. The summed E-state index contributed by atoms with van der Waals surface area (Å²) < 4.78 is 3.21. The zero-order valence-electron chi connectivity index (χ0n) is 11.1. The standard InChI is InChI=1S/C14H16N4S/c1-8-3-6-10-11-12(19-14(10)16-8)13(17-18(11)2)15-7-9-4-5-9/h3,6,9H,4-5,7H2,1-2H3,(H,15,17). The lowest BCUT2D eigenvalue weighted by atomic mass is 10.3. The molecule has 0 atom stereocenters. The number of nitrogens with one attached hydrogen (secondary N) is 1. The Morgan fingerprint density at radius 1 is 1.42 bits per heavy atom. The van der Waals surface area contributed by atoms with Crippen molar-refractivity contribution in [2.45, 2.75) is 19.8 Å². The monoisotopic (exact) mass is 272 g/mol. The van der Waals surface area contributed by atoms with Gasteiger partial charge < -0.3 is 5.32 Å². The van der Waals surface area contributed by atoms with E-state index >= 15 is 0 Å². The van der Waals surface area contributed by atoms with Gasteiger partial charge in [-0.2, -0.15) is 5.10 Å². The Labute approximate surface area is 115 Å². The second kappa shape index (κ2) is 3.93. The number of aryl methyl sites for hydroxylation is 2. The van der Waals surface area contributed by atoms with E-state index in [0.29, 0.717) is 0 Å². The molecule has 0 aliphatic heterocycles. The minimum atomic E-state index is 0.854. The number of pyridine rings is 1. The van der Waals surface area contributed by atoms with Crippen LogP contribution in [0.5, 0.6) is 0 Å². The maximum absolute atomic E-state index is 4.62. The van der Waals surface area contributed by atoms with Crippen molar-refractivity contribution in [3.8, 4) is 0 Å². The predicted molar refractivity (Wildman–Crippen MR) is 79.8 cm³/mol. The number of thiophene rings is 1. The minimum Gasteiger partial charge on any atom is -0.367 e. The Morgan fingerprint density at radius 2 is 2.26 bits per heavy atom. The first-order valence-corrected chi connectivity index (χ1v) is 7.51. The predicted octanol–water partition coefficient (Wildman–Crippen LogP) is 3.31. The first-order valence-electron chi connectivity index (χ1n) is 6.69. The van der Waals surface area contributed by atoms with Gasteiger partial charge in [-0.15, -0.1) is 11.3 Å². The third-order valence-corrected chi connectivity index (χ3v) is 4.81. The number of aromatic nitrogens is 3. The molecule has 1 aliphatic carbocycles. The van der Waals surface area contributed by atoms with E-state index in [9.17, 15) is 0 Å². The normalized spacial score (nSPS) is 15.5. The van der Waals surface area contributed by atoms with E-state index < -0.39 is 0 Å². The summed E-state index contributed by atoms with van der Waals surface area (Å²) in [6.45, 7) is 3.08. The molecule has 1 saturated carbocycles. The van der Waals surface area contributed by atoms with Crippen LogP contribution in [0.4, 0.5) is 5.82 Å². The number of hydrogen-bond donors (Lipinski definition) is 1. The summed E-state index contributed by atoms with van der Waals surface area (Å²) in [5.41, 5.74) is 2.27. The Balaban J connectivity index is 1.87. The van der Waals surface area contributed by atoms with Crippen molar-refractivity contribution in [1.29, 1.82) is 0 Å². The molecule has 98 valence electrons. The van der Waals surface area contributed by atoms with E-state index in [2.05, 4.69) is 27.5 Å². The van der Waals surface area contributed by atoms with Crippen LogP contribution >= 0.6 is 11.3 Å². The third kappa shape index (κ3) is 1.80. The van der Waals surface area contributed by atoms with E-state index in [-0.39, 0.29) is 0 Å². The van der Waals surface area contributed by atoms with Crippen molar-refractivity contribution in [3.63, 3.8) is 0 Å². The second-order valence-electron chi connectivity index (χ2n) is 5.38. The summed E-state index contributed by atoms with van der Waals surface area (Å²) in [5, 5.41) is 9.32. The van der Waals surface area contributed by atoms with Gasteiger partial charge in [-0.3, -0.25) is 4.68 Å². The maximum atomic E-state index is 4.62. The molecule has 19 heavy (non-hydrogen) atoms. The van der Waals surface area contributed by atoms with Crippen molar-refractivity contribution >= 4 is 37.6 Å². The molecule has 3 aromatic rings. The summed E-state index contributed by atoms with van der Waals surface area (Å²) >= 11 is 1.74. The lowest BCUT2D eigenvalue weighted by molar-refractivity contribution is 0.792. The van der Waals surface area contributed by atoms with Gasteiger partial charge in [-0.05, 0) is 37.8 Å². The quantitative estimate of drug-likeness (QED) is 0.795. The zero-order valence-corrected chi connectivity index (χ0v) is 11.9. The molecular formula is C14H16N4S. The average molecular weight is 272 g/mol. The van der Waals surface area contributed by atoms with Crippen molar-refractivity contribution in [2.24, 2.45) is 13.0 Å². The molecule has 0 saturated heterocycles. The number of hydrogen-bond acceptors (Lipinski definition) is 4. The van der Waals surface area contributed by atoms with E-state index in [1.54, 1.807) is 11.3 Å². The molecule has 5 heteroatoms. The molecule has 1 aliphatic rings. The number of nitrogens with zero attached hydrogens (tertiary/aromatic N) is 3. The smallest absolute Gasteiger partial charge is 0.166 e. The third-order valence-electron chi connectivity index (χ3n) is 3.71. The molecule has 0 unspecified atom stereocenters. The second-order valence-corrected chi connectivity index (χ2v) is 6.38. The molecule has 0 amide bonds. The average Bonchev–Trinajstić information content (AvgIpc) is 3.06. The Morgan fingerprint density at radius 3 is 3.05 bits per heavy atom. The van der Waals surface area contributed by atoms with Gasteiger partial charge >= 0.3 is 0 Å². The minimum absolute atomic E-state index is 0.854. The van der Waals surface area contributed by atoms with Gasteiger partial charge in [0.05, 0.1) is 10.2 Å². The van der Waals surface area contributed by atoms with Gasteiger partial charge in [0.1, 0.15) is 4.83 Å². The van der Waals surface area contributed by atoms with Crippen molar-refractivity contribution in [1.82, 2.24) is 14.8 Å². The molecule has 4 rings (SSSR count). The topological polar surface area (TPSA) is 42.7 Å².